The molecule has 210 valence electrons. The molecule has 0 aromatic heterocycles. The third kappa shape index (κ3) is 4.49. The third-order valence-corrected chi connectivity index (χ3v) is 10.8. The van der Waals surface area contributed by atoms with E-state index in [4.69, 9.17) is 27.9 Å². The van der Waals surface area contributed by atoms with Gasteiger partial charge in [-0.15, -0.1) is 0 Å². The summed E-state index contributed by atoms with van der Waals surface area (Å²) in [6.07, 6.45) is 11.4. The van der Waals surface area contributed by atoms with Gasteiger partial charge < -0.3 is 20.3 Å². The second-order valence-corrected chi connectivity index (χ2v) is 13.1. The molecule has 39 heavy (non-hydrogen) atoms. The number of amides is 3. The van der Waals surface area contributed by atoms with Crippen molar-refractivity contribution in [3.05, 3.63) is 40.4 Å². The molecule has 2 saturated heterocycles. The lowest BCUT2D eigenvalue weighted by Gasteiger charge is -2.44. The molecule has 9 heteroatoms. The number of benzene rings is 1. The molecule has 2 saturated carbocycles. The van der Waals surface area contributed by atoms with Crippen LogP contribution in [0.3, 0.4) is 0 Å². The summed E-state index contributed by atoms with van der Waals surface area (Å²) in [5.74, 6) is -1.44. The molecule has 7 nitrogen and oxygen atoms in total. The number of hydrogen-bond acceptors (Lipinski definition) is 4. The summed E-state index contributed by atoms with van der Waals surface area (Å²) < 4.78 is 6.53. The molecule has 4 fully saturated rings. The first kappa shape index (κ1) is 27.1. The van der Waals surface area contributed by atoms with E-state index in [9.17, 15) is 14.4 Å². The van der Waals surface area contributed by atoms with Crippen LogP contribution in [0, 0.1) is 23.7 Å². The van der Waals surface area contributed by atoms with Crippen molar-refractivity contribution >= 4 is 46.6 Å². The summed E-state index contributed by atoms with van der Waals surface area (Å²) in [6, 6.07) is 4.14. The van der Waals surface area contributed by atoms with Crippen molar-refractivity contribution in [2.45, 2.75) is 95.0 Å². The molecular formula is C30H37Cl2N3O4. The molecule has 2 bridgehead atoms. The zero-order valence-corrected chi connectivity index (χ0v) is 24.0. The molecule has 1 aromatic rings. The average molecular weight is 575 g/mol. The van der Waals surface area contributed by atoms with Gasteiger partial charge in [-0.05, 0) is 49.3 Å². The summed E-state index contributed by atoms with van der Waals surface area (Å²) in [5.41, 5.74) is -0.653. The number of nitrogens with zero attached hydrogens (tertiary/aromatic N) is 1. The topological polar surface area (TPSA) is 87.7 Å². The van der Waals surface area contributed by atoms with Crippen LogP contribution in [0.2, 0.25) is 10.0 Å². The lowest BCUT2D eigenvalue weighted by molar-refractivity contribution is -0.146. The number of likely N-dealkylation sites (tertiary alicyclic amines) is 1. The zero-order valence-electron chi connectivity index (χ0n) is 22.5. The first-order valence-electron chi connectivity index (χ1n) is 14.5. The molecule has 6 unspecified atom stereocenters. The van der Waals surface area contributed by atoms with E-state index in [0.29, 0.717) is 21.7 Å². The highest BCUT2D eigenvalue weighted by Crippen LogP contribution is 2.57. The van der Waals surface area contributed by atoms with Crippen LogP contribution in [0.1, 0.15) is 65.2 Å². The molecule has 5 aliphatic rings. The normalized spacial score (nSPS) is 37.7. The summed E-state index contributed by atoms with van der Waals surface area (Å²) in [6.45, 7) is 4.41. The molecule has 2 N–H and O–H groups in total. The third-order valence-electron chi connectivity index (χ3n) is 10.0. The van der Waals surface area contributed by atoms with Crippen LogP contribution in [0.4, 0.5) is 5.69 Å². The van der Waals surface area contributed by atoms with Crippen molar-refractivity contribution in [1.82, 2.24) is 10.2 Å². The maximum absolute atomic E-state index is 14.4. The average Bonchev–Trinajstić information content (AvgIpc) is 3.56. The minimum atomic E-state index is -1.15. The van der Waals surface area contributed by atoms with Crippen LogP contribution in [0.5, 0.6) is 0 Å². The van der Waals surface area contributed by atoms with Gasteiger partial charge in [-0.25, -0.2) is 0 Å². The number of carbonyl (C=O) groups is 3. The second-order valence-electron chi connectivity index (χ2n) is 12.2. The summed E-state index contributed by atoms with van der Waals surface area (Å²) in [5, 5.41) is 6.93. The van der Waals surface area contributed by atoms with Crippen molar-refractivity contribution in [3.8, 4) is 0 Å². The monoisotopic (exact) mass is 573 g/mol. The molecule has 0 radical (unpaired) electrons. The molecule has 3 amide bonds. The van der Waals surface area contributed by atoms with E-state index >= 15 is 0 Å². The fourth-order valence-electron chi connectivity index (χ4n) is 7.84. The Labute approximate surface area is 240 Å². The Balaban J connectivity index is 1.34. The van der Waals surface area contributed by atoms with Gasteiger partial charge in [0.15, 0.2) is 0 Å². The number of nitrogens with one attached hydrogen (secondary N) is 2. The maximum atomic E-state index is 14.4. The highest BCUT2D eigenvalue weighted by molar-refractivity contribution is 6.42. The van der Waals surface area contributed by atoms with Crippen LogP contribution in [0.25, 0.3) is 0 Å². The number of ether oxygens (including phenoxy) is 1. The molecule has 1 spiro atoms. The molecule has 6 rings (SSSR count). The van der Waals surface area contributed by atoms with Gasteiger partial charge in [0, 0.05) is 17.8 Å². The van der Waals surface area contributed by atoms with Gasteiger partial charge in [0.1, 0.15) is 11.6 Å². The van der Waals surface area contributed by atoms with Gasteiger partial charge in [0.2, 0.25) is 17.7 Å². The number of rotatable bonds is 5. The van der Waals surface area contributed by atoms with Gasteiger partial charge in [-0.3, -0.25) is 14.4 Å². The lowest BCUT2D eigenvalue weighted by atomic mass is 9.74. The quantitative estimate of drug-likeness (QED) is 0.464. The van der Waals surface area contributed by atoms with E-state index in [2.05, 4.69) is 24.5 Å². The largest absolute Gasteiger partial charge is 0.359 e. The van der Waals surface area contributed by atoms with Gasteiger partial charge in [-0.1, -0.05) is 81.3 Å². The smallest absolute Gasteiger partial charge is 0.246 e. The van der Waals surface area contributed by atoms with E-state index in [-0.39, 0.29) is 35.7 Å². The van der Waals surface area contributed by atoms with E-state index in [1.54, 1.807) is 18.2 Å². The van der Waals surface area contributed by atoms with Crippen LogP contribution >= 0.6 is 23.2 Å². The standard InChI is InChI=1S/C30H37Cl2N3O4/c1-16-7-6-10-22(17(16)2)35-26(28(37)33-18-8-4-3-5-9-18)30-14-13-23(39-30)24(25(30)29(35)38)27(36)34-19-11-12-20(31)21(32)15-19/h11-18,22-26H,3-10H2,1-2H3,(H,33,37)(H,34,36)/t16?,17?,22?,23-,24?,25-,26?,30?/m0/s1. The number of halogens is 2. The molecule has 3 aliphatic heterocycles. The maximum Gasteiger partial charge on any atom is 0.246 e. The van der Waals surface area contributed by atoms with Crippen molar-refractivity contribution in [2.75, 3.05) is 5.32 Å². The minimum absolute atomic E-state index is 0.0711. The predicted octanol–water partition coefficient (Wildman–Crippen LogP) is 5.36. The molecule has 8 atom stereocenters. The van der Waals surface area contributed by atoms with Gasteiger partial charge in [-0.2, -0.15) is 0 Å². The first-order valence-corrected chi connectivity index (χ1v) is 15.2. The molecule has 2 aliphatic carbocycles. The highest BCUT2D eigenvalue weighted by atomic mass is 35.5. The molecular weight excluding hydrogens is 537 g/mol. The molecule has 1 aromatic carbocycles. The Morgan fingerprint density at radius 2 is 1.77 bits per heavy atom. The van der Waals surface area contributed by atoms with Crippen LogP contribution < -0.4 is 10.6 Å². The second kappa shape index (κ2) is 10.4. The minimum Gasteiger partial charge on any atom is -0.359 e. The number of fused-ring (bicyclic) bond motifs is 1. The van der Waals surface area contributed by atoms with Gasteiger partial charge >= 0.3 is 0 Å². The number of anilines is 1. The predicted molar refractivity (Wildman–Crippen MR) is 150 cm³/mol. The van der Waals surface area contributed by atoms with E-state index in [1.807, 2.05) is 17.1 Å². The Morgan fingerprint density at radius 3 is 2.51 bits per heavy atom. The van der Waals surface area contributed by atoms with Crippen molar-refractivity contribution in [3.63, 3.8) is 0 Å². The fraction of sp³-hybridized carbons (Fsp3) is 0.633. The van der Waals surface area contributed by atoms with E-state index in [0.717, 1.165) is 44.9 Å². The highest BCUT2D eigenvalue weighted by Gasteiger charge is 2.73. The fourth-order valence-corrected chi connectivity index (χ4v) is 8.13. The Morgan fingerprint density at radius 1 is 1.00 bits per heavy atom. The number of hydrogen-bond donors (Lipinski definition) is 2. The van der Waals surface area contributed by atoms with Gasteiger partial charge in [0.05, 0.1) is 28.0 Å². The number of carbonyl (C=O) groups excluding carboxylic acids is 3. The Kier molecular flexibility index (Phi) is 7.22. The Hall–Kier alpha value is -2.09. The molecule has 3 heterocycles. The zero-order chi connectivity index (χ0) is 27.5. The van der Waals surface area contributed by atoms with E-state index in [1.165, 1.54) is 6.42 Å². The van der Waals surface area contributed by atoms with Crippen LogP contribution in [-0.2, 0) is 19.1 Å². The summed E-state index contributed by atoms with van der Waals surface area (Å²) in [4.78, 5) is 44.1. The van der Waals surface area contributed by atoms with E-state index < -0.39 is 29.6 Å². The summed E-state index contributed by atoms with van der Waals surface area (Å²) in [7, 11) is 0. The van der Waals surface area contributed by atoms with Crippen LogP contribution in [-0.4, -0.2) is 52.5 Å². The summed E-state index contributed by atoms with van der Waals surface area (Å²) >= 11 is 12.2. The van der Waals surface area contributed by atoms with Crippen molar-refractivity contribution < 1.29 is 19.1 Å². The van der Waals surface area contributed by atoms with Crippen molar-refractivity contribution in [1.29, 1.82) is 0 Å². The van der Waals surface area contributed by atoms with Crippen molar-refractivity contribution in [2.24, 2.45) is 23.7 Å². The lowest BCUT2D eigenvalue weighted by Crippen LogP contribution is -2.60. The van der Waals surface area contributed by atoms with Gasteiger partial charge in [0.25, 0.3) is 0 Å². The van der Waals surface area contributed by atoms with Crippen LogP contribution in [0.15, 0.2) is 30.4 Å². The Bertz CT molecular complexity index is 1200. The first-order chi connectivity index (χ1) is 18.7. The SMILES string of the molecule is CC1CCCC(N2C(=O)[C@@H]3C(C(=O)Nc4ccc(Cl)c(Cl)c4)[C@@H]4C=CC3(O4)C2C(=O)NC2CCCCC2)C1C.